The smallest absolute Gasteiger partial charge is 0.417 e. The average molecular weight is 381 g/mol. The molecule has 0 atom stereocenters. The molecule has 6 nitrogen and oxygen atoms in total. The van der Waals surface area contributed by atoms with E-state index < -0.39 is 29.2 Å². The molecule has 3 rings (SSSR count). The molecule has 2 heterocycles. The number of rotatable bonds is 3. The number of hydrogen-bond acceptors (Lipinski definition) is 4. The zero-order valence-corrected chi connectivity index (χ0v) is 14.8. The number of ether oxygens (including phenoxy) is 1. The van der Waals surface area contributed by atoms with Gasteiger partial charge in [-0.25, -0.2) is 4.79 Å². The van der Waals surface area contributed by atoms with Gasteiger partial charge in [0.25, 0.3) is 5.91 Å². The number of amides is 1. The molecule has 9 heteroatoms. The number of nitrogens with zero attached hydrogens (tertiary/aromatic N) is 3. The van der Waals surface area contributed by atoms with Gasteiger partial charge in [-0.3, -0.25) is 9.48 Å². The number of alkyl halides is 3. The molecule has 1 aliphatic rings. The summed E-state index contributed by atoms with van der Waals surface area (Å²) in [6, 6.07) is 4.69. The van der Waals surface area contributed by atoms with E-state index in [0.29, 0.717) is 17.7 Å². The Morgan fingerprint density at radius 1 is 1.26 bits per heavy atom. The van der Waals surface area contributed by atoms with Crippen LogP contribution in [0.15, 0.2) is 24.3 Å². The minimum Gasteiger partial charge on any atom is -0.461 e. The highest BCUT2D eigenvalue weighted by molar-refractivity contribution is 5.96. The maximum atomic E-state index is 13.2. The summed E-state index contributed by atoms with van der Waals surface area (Å²) in [5, 5.41) is 4.28. The van der Waals surface area contributed by atoms with E-state index in [9.17, 15) is 22.8 Å². The molecule has 0 N–H and O–H groups in total. The molecule has 1 aliphatic heterocycles. The molecule has 1 aromatic heterocycles. The first-order valence-electron chi connectivity index (χ1n) is 8.41. The van der Waals surface area contributed by atoms with Crippen LogP contribution in [0.5, 0.6) is 0 Å². The average Bonchev–Trinajstić information content (AvgIpc) is 2.95. The number of benzene rings is 1. The molecule has 1 aromatic carbocycles. The van der Waals surface area contributed by atoms with Crippen molar-refractivity contribution in [2.45, 2.75) is 26.1 Å². The zero-order valence-electron chi connectivity index (χ0n) is 14.8. The van der Waals surface area contributed by atoms with Gasteiger partial charge in [-0.05, 0) is 19.1 Å². The number of carbonyl (C=O) groups excluding carboxylic acids is 2. The number of esters is 1. The lowest BCUT2D eigenvalue weighted by molar-refractivity contribution is -0.138. The Kier molecular flexibility index (Phi) is 4.95. The molecule has 0 fully saturated rings. The third-order valence-corrected chi connectivity index (χ3v) is 4.41. The Balaban J connectivity index is 1.93. The van der Waals surface area contributed by atoms with Crippen molar-refractivity contribution < 1.29 is 27.5 Å². The van der Waals surface area contributed by atoms with Crippen molar-refractivity contribution >= 4 is 11.9 Å². The first-order valence-corrected chi connectivity index (χ1v) is 8.41. The van der Waals surface area contributed by atoms with Crippen LogP contribution in [0.4, 0.5) is 13.2 Å². The van der Waals surface area contributed by atoms with Crippen molar-refractivity contribution in [3.63, 3.8) is 0 Å². The van der Waals surface area contributed by atoms with Crippen LogP contribution in [0.2, 0.25) is 0 Å². The maximum Gasteiger partial charge on any atom is 0.417 e. The van der Waals surface area contributed by atoms with E-state index in [0.717, 1.165) is 12.1 Å². The Labute approximate surface area is 153 Å². The summed E-state index contributed by atoms with van der Waals surface area (Å²) in [7, 11) is 1.59. The van der Waals surface area contributed by atoms with Crippen LogP contribution in [0.1, 0.15) is 44.6 Å². The van der Waals surface area contributed by atoms with E-state index in [1.54, 1.807) is 14.0 Å². The standard InChI is InChI=1S/C18H18F3N3O3/c1-3-27-17(26)15-12-10-24(9-8-14(12)22-23(15)2)16(25)11-6-4-5-7-13(11)18(19,20)21/h4-7H,3,8-10H2,1-2H3. The number of halogens is 3. The van der Waals surface area contributed by atoms with Gasteiger partial charge in [0.15, 0.2) is 5.69 Å². The molecule has 0 aliphatic carbocycles. The van der Waals surface area contributed by atoms with Crippen LogP contribution in [-0.2, 0) is 30.9 Å². The number of carbonyl (C=O) groups is 2. The second kappa shape index (κ2) is 7.05. The summed E-state index contributed by atoms with van der Waals surface area (Å²) in [5.41, 5.74) is -0.00479. The molecule has 0 unspecified atom stereocenters. The lowest BCUT2D eigenvalue weighted by Crippen LogP contribution is -2.37. The third kappa shape index (κ3) is 3.54. The zero-order chi connectivity index (χ0) is 19.8. The highest BCUT2D eigenvalue weighted by atomic mass is 19.4. The molecule has 144 valence electrons. The second-order valence-electron chi connectivity index (χ2n) is 6.14. The van der Waals surface area contributed by atoms with Crippen molar-refractivity contribution in [3.05, 3.63) is 52.3 Å². The molecular formula is C18H18F3N3O3. The van der Waals surface area contributed by atoms with E-state index in [1.165, 1.54) is 21.7 Å². The molecule has 0 saturated heterocycles. The first-order chi connectivity index (χ1) is 12.7. The lowest BCUT2D eigenvalue weighted by Gasteiger charge is -2.28. The highest BCUT2D eigenvalue weighted by Gasteiger charge is 2.37. The Morgan fingerprint density at radius 3 is 2.63 bits per heavy atom. The third-order valence-electron chi connectivity index (χ3n) is 4.41. The predicted molar refractivity (Wildman–Crippen MR) is 89.1 cm³/mol. The summed E-state index contributed by atoms with van der Waals surface area (Å²) < 4.78 is 46.1. The topological polar surface area (TPSA) is 64.4 Å². The van der Waals surface area contributed by atoms with Crippen molar-refractivity contribution in [1.82, 2.24) is 14.7 Å². The Bertz CT molecular complexity index is 890. The van der Waals surface area contributed by atoms with Gasteiger partial charge in [0.05, 0.1) is 30.0 Å². The molecule has 0 spiro atoms. The van der Waals surface area contributed by atoms with Crippen LogP contribution in [-0.4, -0.2) is 39.7 Å². The van der Waals surface area contributed by atoms with E-state index in [4.69, 9.17) is 4.74 Å². The molecular weight excluding hydrogens is 363 g/mol. The number of aromatic nitrogens is 2. The van der Waals surface area contributed by atoms with Crippen molar-refractivity contribution in [3.8, 4) is 0 Å². The monoisotopic (exact) mass is 381 g/mol. The largest absolute Gasteiger partial charge is 0.461 e. The molecule has 0 radical (unpaired) electrons. The fraction of sp³-hybridized carbons (Fsp3) is 0.389. The van der Waals surface area contributed by atoms with Crippen LogP contribution < -0.4 is 0 Å². The predicted octanol–water partition coefficient (Wildman–Crippen LogP) is 2.81. The van der Waals surface area contributed by atoms with Gasteiger partial charge >= 0.3 is 12.1 Å². The fourth-order valence-corrected chi connectivity index (χ4v) is 3.22. The van der Waals surface area contributed by atoms with E-state index in [2.05, 4.69) is 5.10 Å². The molecule has 27 heavy (non-hydrogen) atoms. The van der Waals surface area contributed by atoms with Crippen LogP contribution in [0, 0.1) is 0 Å². The minimum absolute atomic E-state index is 0.00233. The van der Waals surface area contributed by atoms with Crippen LogP contribution in [0.3, 0.4) is 0 Å². The first kappa shape index (κ1) is 18.9. The van der Waals surface area contributed by atoms with Gasteiger partial charge in [0.1, 0.15) is 0 Å². The quantitative estimate of drug-likeness (QED) is 0.767. The summed E-state index contributed by atoms with van der Waals surface area (Å²) in [4.78, 5) is 26.3. The molecule has 1 amide bonds. The van der Waals surface area contributed by atoms with E-state index in [1.807, 2.05) is 0 Å². The van der Waals surface area contributed by atoms with Crippen LogP contribution >= 0.6 is 0 Å². The molecule has 0 bridgehead atoms. The Morgan fingerprint density at radius 2 is 1.96 bits per heavy atom. The Hall–Kier alpha value is -2.84. The second-order valence-corrected chi connectivity index (χ2v) is 6.14. The number of aryl methyl sites for hydroxylation is 1. The van der Waals surface area contributed by atoms with Crippen molar-refractivity contribution in [2.24, 2.45) is 7.05 Å². The van der Waals surface area contributed by atoms with Gasteiger partial charge in [-0.2, -0.15) is 18.3 Å². The number of fused-ring (bicyclic) bond motifs is 1. The van der Waals surface area contributed by atoms with Gasteiger partial charge in [-0.1, -0.05) is 12.1 Å². The summed E-state index contributed by atoms with van der Waals surface area (Å²) in [6.45, 7) is 2.07. The maximum absolute atomic E-state index is 13.2. The van der Waals surface area contributed by atoms with Crippen LogP contribution in [0.25, 0.3) is 0 Å². The summed E-state index contributed by atoms with van der Waals surface area (Å²) >= 11 is 0. The van der Waals surface area contributed by atoms with Crippen molar-refractivity contribution in [2.75, 3.05) is 13.2 Å². The van der Waals surface area contributed by atoms with E-state index in [-0.39, 0.29) is 25.4 Å². The summed E-state index contributed by atoms with van der Waals surface area (Å²) in [5.74, 6) is -1.30. The number of hydrogen-bond donors (Lipinski definition) is 0. The fourth-order valence-electron chi connectivity index (χ4n) is 3.22. The molecule has 2 aromatic rings. The summed E-state index contributed by atoms with van der Waals surface area (Å²) in [6.07, 6.45) is -4.28. The van der Waals surface area contributed by atoms with E-state index >= 15 is 0 Å². The minimum atomic E-state index is -4.63. The lowest BCUT2D eigenvalue weighted by atomic mass is 10.0. The van der Waals surface area contributed by atoms with Gasteiger partial charge < -0.3 is 9.64 Å². The highest BCUT2D eigenvalue weighted by Crippen LogP contribution is 2.33. The normalized spacial score (nSPS) is 14.0. The van der Waals surface area contributed by atoms with Gasteiger partial charge in [0, 0.05) is 25.6 Å². The van der Waals surface area contributed by atoms with Gasteiger partial charge in [0.2, 0.25) is 0 Å². The molecule has 0 saturated carbocycles. The van der Waals surface area contributed by atoms with Gasteiger partial charge in [-0.15, -0.1) is 0 Å². The van der Waals surface area contributed by atoms with Crippen molar-refractivity contribution in [1.29, 1.82) is 0 Å². The SMILES string of the molecule is CCOC(=O)c1c2c(nn1C)CCN(C(=O)c1ccccc1C(F)(F)F)C2.